The summed E-state index contributed by atoms with van der Waals surface area (Å²) in [6.45, 7) is 21.3. The van der Waals surface area contributed by atoms with Crippen molar-refractivity contribution in [2.45, 2.75) is 94.9 Å². The van der Waals surface area contributed by atoms with Gasteiger partial charge in [-0.25, -0.2) is 0 Å². The molecule has 0 nitrogen and oxygen atoms in total. The summed E-state index contributed by atoms with van der Waals surface area (Å²) in [5, 5.41) is 0. The second kappa shape index (κ2) is 21.0. The lowest BCUT2D eigenvalue weighted by Crippen LogP contribution is -1.90. The second-order valence-corrected chi connectivity index (χ2v) is 5.88. The fourth-order valence-electron chi connectivity index (χ4n) is 1.74. The van der Waals surface area contributed by atoms with Gasteiger partial charge >= 0.3 is 0 Å². The standard InChI is InChI=1S/C11H16.C6H12.C4H10.C2H6/c1-4-6-11-8-5-7-9(2)10(11)3;1-4-5-6(2)3;1-3-4-2;1-2/h5,7-8H,4,6H2,1-3H3;4-6H,1-3H3;3-4H2,1-2H3;1-2H3/b;5-4-;;. The first-order valence-electron chi connectivity index (χ1n) is 9.62. The Labute approximate surface area is 148 Å². The number of rotatable bonds is 4. The first kappa shape index (κ1) is 26.8. The van der Waals surface area contributed by atoms with E-state index in [1.54, 1.807) is 0 Å². The second-order valence-electron chi connectivity index (χ2n) is 5.88. The molecule has 0 aliphatic heterocycles. The Morgan fingerprint density at radius 3 is 1.74 bits per heavy atom. The van der Waals surface area contributed by atoms with Gasteiger partial charge in [-0.2, -0.15) is 0 Å². The molecule has 0 bridgehead atoms. The van der Waals surface area contributed by atoms with Crippen LogP contribution in [-0.2, 0) is 6.42 Å². The third-order valence-corrected chi connectivity index (χ3v) is 3.31. The van der Waals surface area contributed by atoms with E-state index in [2.05, 4.69) is 78.8 Å². The van der Waals surface area contributed by atoms with Gasteiger partial charge < -0.3 is 0 Å². The van der Waals surface area contributed by atoms with Crippen LogP contribution in [0.2, 0.25) is 0 Å². The van der Waals surface area contributed by atoms with E-state index in [-0.39, 0.29) is 0 Å². The van der Waals surface area contributed by atoms with Gasteiger partial charge in [0.05, 0.1) is 0 Å². The normalized spacial score (nSPS) is 9.35. The van der Waals surface area contributed by atoms with Crippen molar-refractivity contribution in [2.75, 3.05) is 0 Å². The van der Waals surface area contributed by atoms with Crippen LogP contribution in [0.4, 0.5) is 0 Å². The molecule has 0 heterocycles. The van der Waals surface area contributed by atoms with Gasteiger partial charge in [-0.3, -0.25) is 0 Å². The molecule has 1 aromatic carbocycles. The fraction of sp³-hybridized carbons (Fsp3) is 0.652. The van der Waals surface area contributed by atoms with E-state index < -0.39 is 0 Å². The minimum atomic E-state index is 0.718. The summed E-state index contributed by atoms with van der Waals surface area (Å²) in [6, 6.07) is 6.55. The zero-order valence-corrected chi connectivity index (χ0v) is 17.8. The van der Waals surface area contributed by atoms with Gasteiger partial charge in [0.2, 0.25) is 0 Å². The molecule has 0 aliphatic rings. The van der Waals surface area contributed by atoms with Crippen LogP contribution in [0.25, 0.3) is 0 Å². The third kappa shape index (κ3) is 18.9. The molecular formula is C23H44. The number of allylic oxidation sites excluding steroid dienone is 2. The van der Waals surface area contributed by atoms with E-state index in [9.17, 15) is 0 Å². The molecule has 0 aromatic heterocycles. The molecule has 1 aromatic rings. The number of hydrogen-bond acceptors (Lipinski definition) is 0. The highest BCUT2D eigenvalue weighted by Crippen LogP contribution is 2.13. The van der Waals surface area contributed by atoms with Crippen molar-refractivity contribution in [2.24, 2.45) is 5.92 Å². The van der Waals surface area contributed by atoms with Crippen LogP contribution in [0.3, 0.4) is 0 Å². The lowest BCUT2D eigenvalue weighted by molar-refractivity contribution is 0.830. The van der Waals surface area contributed by atoms with Crippen molar-refractivity contribution in [1.29, 1.82) is 0 Å². The Morgan fingerprint density at radius 1 is 0.913 bits per heavy atom. The molecule has 0 amide bonds. The SMILES string of the molecule is C/C=C\C(C)C.CC.CCCC.CCCc1cccc(C)c1C. The van der Waals surface area contributed by atoms with Crippen LogP contribution >= 0.6 is 0 Å². The van der Waals surface area contributed by atoms with Crippen molar-refractivity contribution in [1.82, 2.24) is 0 Å². The van der Waals surface area contributed by atoms with Crippen molar-refractivity contribution in [3.63, 3.8) is 0 Å². The lowest BCUT2D eigenvalue weighted by Gasteiger charge is -2.05. The Morgan fingerprint density at radius 2 is 1.43 bits per heavy atom. The smallest absolute Gasteiger partial charge is 0.0279 e. The molecule has 0 saturated carbocycles. The van der Waals surface area contributed by atoms with Crippen LogP contribution in [0.1, 0.15) is 91.3 Å². The average molecular weight is 321 g/mol. The first-order valence-corrected chi connectivity index (χ1v) is 9.62. The lowest BCUT2D eigenvalue weighted by atomic mass is 10.0. The van der Waals surface area contributed by atoms with E-state index in [0.717, 1.165) is 5.92 Å². The van der Waals surface area contributed by atoms with Crippen molar-refractivity contribution >= 4 is 0 Å². The quantitative estimate of drug-likeness (QED) is 0.489. The Bertz CT molecular complexity index is 356. The molecular weight excluding hydrogens is 276 g/mol. The molecule has 0 unspecified atom stereocenters. The maximum atomic E-state index is 2.23. The van der Waals surface area contributed by atoms with E-state index in [1.807, 2.05) is 20.8 Å². The van der Waals surface area contributed by atoms with Crippen LogP contribution in [0.5, 0.6) is 0 Å². The summed E-state index contributed by atoms with van der Waals surface area (Å²) in [7, 11) is 0. The van der Waals surface area contributed by atoms with E-state index in [0.29, 0.717) is 0 Å². The molecule has 0 spiro atoms. The highest BCUT2D eigenvalue weighted by atomic mass is 14.0. The summed E-state index contributed by atoms with van der Waals surface area (Å²) in [5.41, 5.74) is 4.39. The Hall–Kier alpha value is -1.04. The van der Waals surface area contributed by atoms with E-state index in [4.69, 9.17) is 0 Å². The molecule has 0 N–H and O–H groups in total. The van der Waals surface area contributed by atoms with Gasteiger partial charge in [-0.1, -0.05) is 98.1 Å². The fourth-order valence-corrected chi connectivity index (χ4v) is 1.74. The van der Waals surface area contributed by atoms with Crippen LogP contribution in [0.15, 0.2) is 30.4 Å². The topological polar surface area (TPSA) is 0 Å². The predicted octanol–water partition coefficient (Wildman–Crippen LogP) is 8.31. The summed E-state index contributed by atoms with van der Waals surface area (Å²) >= 11 is 0. The molecule has 0 atom stereocenters. The highest BCUT2D eigenvalue weighted by molar-refractivity contribution is 5.32. The zero-order chi connectivity index (χ0) is 18.7. The van der Waals surface area contributed by atoms with Gasteiger partial charge in [-0.15, -0.1) is 0 Å². The first-order chi connectivity index (χ1) is 10.9. The molecule has 23 heavy (non-hydrogen) atoms. The summed E-state index contributed by atoms with van der Waals surface area (Å²) in [5.74, 6) is 0.718. The van der Waals surface area contributed by atoms with Gasteiger partial charge in [0, 0.05) is 0 Å². The summed E-state index contributed by atoms with van der Waals surface area (Å²) in [4.78, 5) is 0. The minimum Gasteiger partial charge on any atom is -0.0914 e. The molecule has 0 radical (unpaired) electrons. The highest BCUT2D eigenvalue weighted by Gasteiger charge is 1.97. The predicted molar refractivity (Wildman–Crippen MR) is 111 cm³/mol. The zero-order valence-electron chi connectivity index (χ0n) is 17.8. The van der Waals surface area contributed by atoms with Gasteiger partial charge in [-0.05, 0) is 49.8 Å². The summed E-state index contributed by atoms with van der Waals surface area (Å²) < 4.78 is 0. The third-order valence-electron chi connectivity index (χ3n) is 3.31. The number of hydrogen-bond donors (Lipinski definition) is 0. The number of unbranched alkanes of at least 4 members (excludes halogenated alkanes) is 1. The van der Waals surface area contributed by atoms with Crippen molar-refractivity contribution < 1.29 is 0 Å². The molecule has 136 valence electrons. The molecule has 1 rings (SSSR count). The number of aryl methyl sites for hydroxylation is 2. The van der Waals surface area contributed by atoms with E-state index >= 15 is 0 Å². The Balaban J connectivity index is -0.000000283. The van der Waals surface area contributed by atoms with Crippen molar-refractivity contribution in [3.8, 4) is 0 Å². The van der Waals surface area contributed by atoms with Gasteiger partial charge in [0.1, 0.15) is 0 Å². The Kier molecular flexibility index (Phi) is 24.5. The molecule has 0 aliphatic carbocycles. The van der Waals surface area contributed by atoms with Gasteiger partial charge in [0.15, 0.2) is 0 Å². The monoisotopic (exact) mass is 320 g/mol. The average Bonchev–Trinajstić information content (AvgIpc) is 2.55. The van der Waals surface area contributed by atoms with Crippen LogP contribution in [-0.4, -0.2) is 0 Å². The van der Waals surface area contributed by atoms with Crippen LogP contribution < -0.4 is 0 Å². The van der Waals surface area contributed by atoms with Gasteiger partial charge in [0.25, 0.3) is 0 Å². The largest absolute Gasteiger partial charge is 0.0914 e. The minimum absolute atomic E-state index is 0.718. The van der Waals surface area contributed by atoms with Crippen LogP contribution in [0, 0.1) is 19.8 Å². The molecule has 0 fully saturated rings. The maximum absolute atomic E-state index is 2.23. The summed E-state index contributed by atoms with van der Waals surface area (Å²) in [6.07, 6.45) is 9.34. The number of benzene rings is 1. The molecule has 0 saturated heterocycles. The molecule has 0 heteroatoms. The van der Waals surface area contributed by atoms with Crippen molar-refractivity contribution in [3.05, 3.63) is 47.0 Å². The van der Waals surface area contributed by atoms with E-state index in [1.165, 1.54) is 42.4 Å². The maximum Gasteiger partial charge on any atom is -0.0279 e.